The molecule has 4 rings (SSSR count). The SMILES string of the molecule is COc1ccc(/C(O)=C2/C(=O)C(=O)N(c3ccc(OC)cc3)C2c2ccc(C)o2)cc1. The predicted molar refractivity (Wildman–Crippen MR) is 114 cm³/mol. The summed E-state index contributed by atoms with van der Waals surface area (Å²) in [6.07, 6.45) is 0. The Labute approximate surface area is 179 Å². The second kappa shape index (κ2) is 8.02. The van der Waals surface area contributed by atoms with E-state index in [1.54, 1.807) is 74.7 Å². The Balaban J connectivity index is 1.88. The number of benzene rings is 2. The Morgan fingerprint density at radius 1 is 0.903 bits per heavy atom. The van der Waals surface area contributed by atoms with Gasteiger partial charge in [-0.05, 0) is 67.6 Å². The lowest BCUT2D eigenvalue weighted by Gasteiger charge is -2.23. The molecule has 1 aliphatic heterocycles. The van der Waals surface area contributed by atoms with E-state index in [1.807, 2.05) is 0 Å². The number of ether oxygens (including phenoxy) is 2. The van der Waals surface area contributed by atoms with E-state index in [1.165, 1.54) is 12.0 Å². The summed E-state index contributed by atoms with van der Waals surface area (Å²) in [5.74, 6) is 0.401. The van der Waals surface area contributed by atoms with Gasteiger partial charge in [-0.25, -0.2) is 0 Å². The zero-order valence-electron chi connectivity index (χ0n) is 17.3. The Bertz CT molecular complexity index is 1160. The number of hydrogen-bond acceptors (Lipinski definition) is 6. The highest BCUT2D eigenvalue weighted by Gasteiger charge is 2.48. The van der Waals surface area contributed by atoms with Gasteiger partial charge in [0.2, 0.25) is 0 Å². The Morgan fingerprint density at radius 2 is 1.48 bits per heavy atom. The van der Waals surface area contributed by atoms with Crippen molar-refractivity contribution in [3.63, 3.8) is 0 Å². The second-order valence-electron chi connectivity index (χ2n) is 7.04. The van der Waals surface area contributed by atoms with Crippen molar-refractivity contribution < 1.29 is 28.6 Å². The van der Waals surface area contributed by atoms with Crippen molar-refractivity contribution in [2.45, 2.75) is 13.0 Å². The van der Waals surface area contributed by atoms with Crippen LogP contribution in [0.1, 0.15) is 23.1 Å². The number of carbonyl (C=O) groups excluding carboxylic acids is 2. The molecule has 2 heterocycles. The smallest absolute Gasteiger partial charge is 0.300 e. The molecule has 1 N–H and O–H groups in total. The summed E-state index contributed by atoms with van der Waals surface area (Å²) >= 11 is 0. The summed E-state index contributed by atoms with van der Waals surface area (Å²) in [6, 6.07) is 15.9. The normalized spacial score (nSPS) is 17.8. The van der Waals surface area contributed by atoms with Gasteiger partial charge < -0.3 is 19.0 Å². The number of carbonyl (C=O) groups is 2. The van der Waals surface area contributed by atoms with Gasteiger partial charge in [-0.1, -0.05) is 0 Å². The van der Waals surface area contributed by atoms with Crippen LogP contribution in [0.25, 0.3) is 5.76 Å². The Kier molecular flexibility index (Phi) is 5.25. The van der Waals surface area contributed by atoms with E-state index in [4.69, 9.17) is 13.9 Å². The molecular weight excluding hydrogens is 398 g/mol. The number of aliphatic hydroxyl groups is 1. The number of hydrogen-bond donors (Lipinski definition) is 1. The Hall–Kier alpha value is -4.00. The number of ketones is 1. The summed E-state index contributed by atoms with van der Waals surface area (Å²) in [7, 11) is 3.08. The van der Waals surface area contributed by atoms with Crippen molar-refractivity contribution in [1.82, 2.24) is 0 Å². The highest BCUT2D eigenvalue weighted by Crippen LogP contribution is 2.43. The number of Topliss-reactive ketones (excluding diaryl/α,β-unsaturated/α-hetero) is 1. The number of aryl methyl sites for hydroxylation is 1. The van der Waals surface area contributed by atoms with E-state index < -0.39 is 17.7 Å². The quantitative estimate of drug-likeness (QED) is 0.378. The molecule has 0 bridgehead atoms. The second-order valence-corrected chi connectivity index (χ2v) is 7.04. The van der Waals surface area contributed by atoms with Gasteiger partial charge in [-0.15, -0.1) is 0 Å². The number of methoxy groups -OCH3 is 2. The third kappa shape index (κ3) is 3.54. The van der Waals surface area contributed by atoms with Crippen molar-refractivity contribution >= 4 is 23.1 Å². The first kappa shape index (κ1) is 20.3. The number of anilines is 1. The third-order valence-electron chi connectivity index (χ3n) is 5.19. The lowest BCUT2D eigenvalue weighted by Crippen LogP contribution is -2.29. The molecule has 7 nitrogen and oxygen atoms in total. The van der Waals surface area contributed by atoms with Gasteiger partial charge in [0, 0.05) is 11.3 Å². The average Bonchev–Trinajstić information content (AvgIpc) is 3.34. The minimum absolute atomic E-state index is 0.0414. The molecule has 1 aliphatic rings. The summed E-state index contributed by atoms with van der Waals surface area (Å²) < 4.78 is 16.1. The monoisotopic (exact) mass is 419 g/mol. The summed E-state index contributed by atoms with van der Waals surface area (Å²) in [4.78, 5) is 27.4. The average molecular weight is 419 g/mol. The number of furan rings is 1. The molecular formula is C24H21NO6. The van der Waals surface area contributed by atoms with Gasteiger partial charge in [0.15, 0.2) is 0 Å². The van der Waals surface area contributed by atoms with Crippen LogP contribution in [-0.2, 0) is 9.59 Å². The zero-order chi connectivity index (χ0) is 22.1. The topological polar surface area (TPSA) is 89.2 Å². The summed E-state index contributed by atoms with van der Waals surface area (Å²) in [5.41, 5.74) is 0.831. The van der Waals surface area contributed by atoms with Crippen molar-refractivity contribution in [1.29, 1.82) is 0 Å². The molecule has 0 spiro atoms. The van der Waals surface area contributed by atoms with Crippen molar-refractivity contribution in [2.75, 3.05) is 19.1 Å². The molecule has 1 fully saturated rings. The summed E-state index contributed by atoms with van der Waals surface area (Å²) in [5, 5.41) is 11.0. The van der Waals surface area contributed by atoms with Gasteiger partial charge in [0.1, 0.15) is 34.8 Å². The van der Waals surface area contributed by atoms with E-state index in [-0.39, 0.29) is 11.3 Å². The van der Waals surface area contributed by atoms with Gasteiger partial charge in [-0.3, -0.25) is 14.5 Å². The van der Waals surface area contributed by atoms with Gasteiger partial charge in [0.25, 0.3) is 11.7 Å². The van der Waals surface area contributed by atoms with Gasteiger partial charge in [-0.2, -0.15) is 0 Å². The molecule has 3 aromatic rings. The number of amides is 1. The molecule has 2 aromatic carbocycles. The maximum absolute atomic E-state index is 13.0. The zero-order valence-corrected chi connectivity index (χ0v) is 17.3. The van der Waals surface area contributed by atoms with Crippen LogP contribution in [0.15, 0.2) is 70.7 Å². The molecule has 1 unspecified atom stereocenters. The van der Waals surface area contributed by atoms with Crippen LogP contribution in [0.3, 0.4) is 0 Å². The van der Waals surface area contributed by atoms with Crippen molar-refractivity contribution in [2.24, 2.45) is 0 Å². The minimum atomic E-state index is -0.913. The van der Waals surface area contributed by atoms with Crippen LogP contribution in [0.4, 0.5) is 5.69 Å². The predicted octanol–water partition coefficient (Wildman–Crippen LogP) is 4.23. The fraction of sp³-hybridized carbons (Fsp3) is 0.167. The molecule has 1 saturated heterocycles. The van der Waals surface area contributed by atoms with E-state index in [2.05, 4.69) is 0 Å². The van der Waals surface area contributed by atoms with E-state index in [0.29, 0.717) is 34.3 Å². The van der Waals surface area contributed by atoms with Gasteiger partial charge >= 0.3 is 0 Å². The van der Waals surface area contributed by atoms with E-state index >= 15 is 0 Å². The molecule has 1 atom stereocenters. The lowest BCUT2D eigenvalue weighted by molar-refractivity contribution is -0.132. The van der Waals surface area contributed by atoms with E-state index in [9.17, 15) is 14.7 Å². The number of nitrogens with zero attached hydrogens (tertiary/aromatic N) is 1. The van der Waals surface area contributed by atoms with Crippen LogP contribution < -0.4 is 14.4 Å². The fourth-order valence-electron chi connectivity index (χ4n) is 3.62. The van der Waals surface area contributed by atoms with E-state index in [0.717, 1.165) is 0 Å². The summed E-state index contributed by atoms with van der Waals surface area (Å²) in [6.45, 7) is 1.77. The van der Waals surface area contributed by atoms with Crippen molar-refractivity contribution in [3.8, 4) is 11.5 Å². The molecule has 0 saturated carbocycles. The van der Waals surface area contributed by atoms with Crippen LogP contribution in [0.2, 0.25) is 0 Å². The standard InChI is InChI=1S/C24H21NO6/c1-14-4-13-19(31-14)21-20(22(26)15-5-9-17(29-2)10-6-15)23(27)24(28)25(21)16-7-11-18(30-3)12-8-16/h4-13,21,26H,1-3H3/b22-20-. The first-order valence-electron chi connectivity index (χ1n) is 9.60. The number of aliphatic hydroxyl groups excluding tert-OH is 1. The molecule has 1 aromatic heterocycles. The fourth-order valence-corrected chi connectivity index (χ4v) is 3.62. The maximum atomic E-state index is 13.0. The third-order valence-corrected chi connectivity index (χ3v) is 5.19. The molecule has 158 valence electrons. The lowest BCUT2D eigenvalue weighted by atomic mass is 9.99. The highest BCUT2D eigenvalue weighted by molar-refractivity contribution is 6.51. The van der Waals surface area contributed by atoms with Crippen LogP contribution >= 0.6 is 0 Å². The highest BCUT2D eigenvalue weighted by atomic mass is 16.5. The maximum Gasteiger partial charge on any atom is 0.300 e. The Morgan fingerprint density at radius 3 is 2.00 bits per heavy atom. The van der Waals surface area contributed by atoms with Crippen LogP contribution in [0, 0.1) is 6.92 Å². The largest absolute Gasteiger partial charge is 0.507 e. The van der Waals surface area contributed by atoms with Crippen LogP contribution in [0.5, 0.6) is 11.5 Å². The molecule has 1 amide bonds. The van der Waals surface area contributed by atoms with Gasteiger partial charge in [0.05, 0.1) is 19.8 Å². The molecule has 0 aliphatic carbocycles. The van der Waals surface area contributed by atoms with Crippen LogP contribution in [-0.4, -0.2) is 31.0 Å². The molecule has 0 radical (unpaired) electrons. The first-order valence-corrected chi connectivity index (χ1v) is 9.60. The molecule has 31 heavy (non-hydrogen) atoms. The number of rotatable bonds is 5. The molecule has 7 heteroatoms. The minimum Gasteiger partial charge on any atom is -0.507 e. The van der Waals surface area contributed by atoms with Crippen molar-refractivity contribution in [3.05, 3.63) is 83.3 Å². The first-order chi connectivity index (χ1) is 14.9.